The van der Waals surface area contributed by atoms with E-state index in [1.165, 1.54) is 64.0 Å². The van der Waals surface area contributed by atoms with E-state index in [0.717, 1.165) is 0 Å². The topological polar surface area (TPSA) is 0 Å². The minimum absolute atomic E-state index is 1.29. The summed E-state index contributed by atoms with van der Waals surface area (Å²) in [4.78, 5) is 2.62. The molecule has 1 heterocycles. The third kappa shape index (κ3) is 3.05. The first-order valence-corrected chi connectivity index (χ1v) is 12.1. The van der Waals surface area contributed by atoms with Crippen LogP contribution < -0.4 is 0 Å². The molecule has 0 saturated heterocycles. The first kappa shape index (κ1) is 18.6. The molecule has 0 aliphatic rings. The lowest BCUT2D eigenvalue weighted by atomic mass is 9.98. The van der Waals surface area contributed by atoms with E-state index in [9.17, 15) is 0 Å². The van der Waals surface area contributed by atoms with E-state index < -0.39 is 0 Å². The van der Waals surface area contributed by atoms with Gasteiger partial charge in [0.25, 0.3) is 0 Å². The van der Waals surface area contributed by atoms with Crippen molar-refractivity contribution in [2.75, 3.05) is 0 Å². The molecule has 1 aromatic heterocycles. The Hall–Kier alpha value is -3.94. The fraction of sp³-hybridized carbons (Fsp3) is 0. The summed E-state index contributed by atoms with van der Waals surface area (Å²) < 4.78 is 0. The Balaban J connectivity index is 1.41. The summed E-state index contributed by atoms with van der Waals surface area (Å²) in [7, 11) is 0. The fourth-order valence-corrected chi connectivity index (χ4v) is 6.08. The highest BCUT2D eigenvalue weighted by Gasteiger charge is 2.11. The highest BCUT2D eigenvalue weighted by molar-refractivity contribution is 7.19. The highest BCUT2D eigenvalue weighted by atomic mass is 32.1. The van der Waals surface area contributed by atoms with Gasteiger partial charge in [-0.15, -0.1) is 11.3 Å². The molecule has 0 nitrogen and oxygen atoms in total. The number of fused-ring (bicyclic) bond motifs is 4. The number of hydrogen-bond donors (Lipinski definition) is 0. The molecule has 0 saturated carbocycles. The van der Waals surface area contributed by atoms with Crippen LogP contribution in [0, 0.1) is 0 Å². The van der Waals surface area contributed by atoms with Crippen molar-refractivity contribution in [1.29, 1.82) is 0 Å². The molecule has 0 spiro atoms. The molecule has 0 N–H and O–H groups in total. The van der Waals surface area contributed by atoms with Gasteiger partial charge < -0.3 is 0 Å². The highest BCUT2D eigenvalue weighted by Crippen LogP contribution is 2.41. The maximum atomic E-state index is 2.34. The molecule has 0 aliphatic heterocycles. The predicted molar refractivity (Wildman–Crippen MR) is 145 cm³/mol. The monoisotopic (exact) mass is 436 g/mol. The molecular formula is C32H20S. The van der Waals surface area contributed by atoms with Gasteiger partial charge in [-0.1, -0.05) is 84.9 Å². The van der Waals surface area contributed by atoms with E-state index >= 15 is 0 Å². The lowest BCUT2D eigenvalue weighted by Crippen LogP contribution is -1.80. The average Bonchev–Trinajstić information content (AvgIpc) is 3.35. The fourth-order valence-electron chi connectivity index (χ4n) is 4.99. The molecule has 0 fully saturated rings. The molecule has 0 atom stereocenters. The van der Waals surface area contributed by atoms with Gasteiger partial charge in [-0.3, -0.25) is 0 Å². The van der Waals surface area contributed by atoms with Crippen LogP contribution in [0.2, 0.25) is 0 Å². The Bertz CT molecular complexity index is 1690. The van der Waals surface area contributed by atoms with Gasteiger partial charge in [-0.05, 0) is 90.6 Å². The summed E-state index contributed by atoms with van der Waals surface area (Å²) in [5, 5.41) is 10.4. The van der Waals surface area contributed by atoms with E-state index in [-0.39, 0.29) is 0 Å². The van der Waals surface area contributed by atoms with Crippen molar-refractivity contribution in [2.24, 2.45) is 0 Å². The molecule has 0 unspecified atom stereocenters. The SMILES string of the molecule is c1ccc2cc3c(-c4ccc(-c5cccc6cc7ccccc7cc56)s4)cccc3cc2c1. The lowest BCUT2D eigenvalue weighted by molar-refractivity contribution is 1.74. The maximum absolute atomic E-state index is 2.34. The van der Waals surface area contributed by atoms with Gasteiger partial charge in [-0.25, -0.2) is 0 Å². The summed E-state index contributed by atoms with van der Waals surface area (Å²) in [5.41, 5.74) is 2.61. The van der Waals surface area contributed by atoms with Crippen LogP contribution in [0.1, 0.15) is 0 Å². The molecule has 0 amide bonds. The number of benzene rings is 6. The molecule has 7 aromatic rings. The van der Waals surface area contributed by atoms with Crippen LogP contribution in [0.3, 0.4) is 0 Å². The zero-order chi connectivity index (χ0) is 21.8. The normalized spacial score (nSPS) is 11.6. The minimum Gasteiger partial charge on any atom is -0.135 e. The van der Waals surface area contributed by atoms with E-state index in [4.69, 9.17) is 0 Å². The van der Waals surface area contributed by atoms with Gasteiger partial charge in [0.05, 0.1) is 0 Å². The number of hydrogen-bond acceptors (Lipinski definition) is 1. The van der Waals surface area contributed by atoms with Crippen LogP contribution in [-0.4, -0.2) is 0 Å². The van der Waals surface area contributed by atoms with Crippen LogP contribution in [-0.2, 0) is 0 Å². The summed E-state index contributed by atoms with van der Waals surface area (Å²) in [5.74, 6) is 0. The molecule has 6 aromatic carbocycles. The second-order valence-corrected chi connectivity index (χ2v) is 9.70. The standard InChI is InChI=1S/C32H20S/c1-3-9-23-19-29-25(17-21(23)7-1)11-5-13-27(29)31-15-16-32(33-31)28-14-6-12-26-18-22-8-2-4-10-24(22)20-30(26)28/h1-20H. The smallest absolute Gasteiger partial charge is 0.0355 e. The zero-order valence-electron chi connectivity index (χ0n) is 18.0. The second-order valence-electron chi connectivity index (χ2n) is 8.62. The third-order valence-electron chi connectivity index (χ3n) is 6.63. The molecule has 33 heavy (non-hydrogen) atoms. The van der Waals surface area contributed by atoms with Gasteiger partial charge in [0.1, 0.15) is 0 Å². The number of rotatable bonds is 2. The Morgan fingerprint density at radius 1 is 0.333 bits per heavy atom. The summed E-state index contributed by atoms with van der Waals surface area (Å²) in [6.07, 6.45) is 0. The molecule has 1 heteroatoms. The van der Waals surface area contributed by atoms with Gasteiger partial charge in [0.2, 0.25) is 0 Å². The first-order valence-electron chi connectivity index (χ1n) is 11.3. The Morgan fingerprint density at radius 2 is 0.727 bits per heavy atom. The van der Waals surface area contributed by atoms with Crippen LogP contribution in [0.15, 0.2) is 121 Å². The quantitative estimate of drug-likeness (QED) is 0.237. The second kappa shape index (κ2) is 7.30. The van der Waals surface area contributed by atoms with E-state index in [2.05, 4.69) is 121 Å². The summed E-state index contributed by atoms with van der Waals surface area (Å²) in [6.45, 7) is 0. The molecule has 0 bridgehead atoms. The van der Waals surface area contributed by atoms with Crippen molar-refractivity contribution >= 4 is 54.4 Å². The summed E-state index contributed by atoms with van der Waals surface area (Å²) >= 11 is 1.88. The van der Waals surface area contributed by atoms with E-state index in [1.54, 1.807) is 0 Å². The van der Waals surface area contributed by atoms with Gasteiger partial charge in [-0.2, -0.15) is 0 Å². The Labute approximate surface area is 196 Å². The minimum atomic E-state index is 1.29. The van der Waals surface area contributed by atoms with E-state index in [0.29, 0.717) is 0 Å². The van der Waals surface area contributed by atoms with Crippen molar-refractivity contribution in [3.8, 4) is 20.9 Å². The van der Waals surface area contributed by atoms with Crippen LogP contribution in [0.4, 0.5) is 0 Å². The molecular weight excluding hydrogens is 416 g/mol. The first-order chi connectivity index (χ1) is 16.3. The van der Waals surface area contributed by atoms with Crippen molar-refractivity contribution in [3.63, 3.8) is 0 Å². The molecule has 0 radical (unpaired) electrons. The molecule has 7 rings (SSSR count). The van der Waals surface area contributed by atoms with Crippen LogP contribution >= 0.6 is 11.3 Å². The Kier molecular flexibility index (Phi) is 4.12. The van der Waals surface area contributed by atoms with Crippen LogP contribution in [0.25, 0.3) is 64.0 Å². The maximum Gasteiger partial charge on any atom is 0.0355 e. The van der Waals surface area contributed by atoms with Crippen molar-refractivity contribution < 1.29 is 0 Å². The van der Waals surface area contributed by atoms with Gasteiger partial charge in [0.15, 0.2) is 0 Å². The summed E-state index contributed by atoms with van der Waals surface area (Å²) in [6, 6.07) is 44.4. The van der Waals surface area contributed by atoms with Gasteiger partial charge in [0, 0.05) is 9.75 Å². The van der Waals surface area contributed by atoms with Crippen molar-refractivity contribution in [2.45, 2.75) is 0 Å². The predicted octanol–water partition coefficient (Wildman–Crippen LogP) is 9.69. The average molecular weight is 437 g/mol. The van der Waals surface area contributed by atoms with Crippen molar-refractivity contribution in [3.05, 3.63) is 121 Å². The third-order valence-corrected chi connectivity index (χ3v) is 7.78. The van der Waals surface area contributed by atoms with Gasteiger partial charge >= 0.3 is 0 Å². The largest absolute Gasteiger partial charge is 0.135 e. The number of thiophene rings is 1. The van der Waals surface area contributed by atoms with Crippen molar-refractivity contribution in [1.82, 2.24) is 0 Å². The van der Waals surface area contributed by atoms with Crippen LogP contribution in [0.5, 0.6) is 0 Å². The Morgan fingerprint density at radius 3 is 1.18 bits per heavy atom. The molecule has 0 aliphatic carbocycles. The van der Waals surface area contributed by atoms with E-state index in [1.807, 2.05) is 11.3 Å². The molecule has 154 valence electrons. The lowest BCUT2D eigenvalue weighted by Gasteiger charge is -2.08. The zero-order valence-corrected chi connectivity index (χ0v) is 18.8.